The number of hydrogen-bond donors (Lipinski definition) is 3. The van der Waals surface area contributed by atoms with Crippen LogP contribution in [0.3, 0.4) is 0 Å². The Morgan fingerprint density at radius 2 is 1.29 bits per heavy atom. The van der Waals surface area contributed by atoms with Gasteiger partial charge in [-0.3, -0.25) is 14.5 Å². The first kappa shape index (κ1) is 40.7. The van der Waals surface area contributed by atoms with Gasteiger partial charge in [0.1, 0.15) is 23.7 Å². The van der Waals surface area contributed by atoms with Crippen molar-refractivity contribution in [3.05, 3.63) is 108 Å². The zero-order chi connectivity index (χ0) is 43.1. The normalized spacial score (nSPS) is 18.2. The van der Waals surface area contributed by atoms with Crippen LogP contribution in [0.15, 0.2) is 91.3 Å². The molecule has 5 heterocycles. The monoisotopic (exact) mass is 836 g/mol. The molecule has 3 N–H and O–H groups in total. The molecular weight excluding hydrogens is 785 g/mol. The summed E-state index contributed by atoms with van der Waals surface area (Å²) >= 11 is 0. The van der Waals surface area contributed by atoms with E-state index < -0.39 is 18.2 Å². The first-order valence-electron chi connectivity index (χ1n) is 21.3. The van der Waals surface area contributed by atoms with Crippen LogP contribution in [0.5, 0.6) is 11.5 Å². The van der Waals surface area contributed by atoms with Crippen LogP contribution in [0.2, 0.25) is 0 Å². The molecular formula is C48H52N8O6. The van der Waals surface area contributed by atoms with Crippen LogP contribution < -0.4 is 14.8 Å². The summed E-state index contributed by atoms with van der Waals surface area (Å²) in [6.07, 6.45) is 6.45. The second kappa shape index (κ2) is 17.0. The summed E-state index contributed by atoms with van der Waals surface area (Å²) in [7, 11) is 5.15. The number of H-pyrrole nitrogens is 2. The van der Waals surface area contributed by atoms with Crippen LogP contribution in [0, 0.1) is 5.92 Å². The molecule has 320 valence electrons. The van der Waals surface area contributed by atoms with E-state index in [9.17, 15) is 14.4 Å². The van der Waals surface area contributed by atoms with Crippen molar-refractivity contribution in [2.45, 2.75) is 63.7 Å². The maximum atomic E-state index is 14.2. The molecule has 4 atom stereocenters. The van der Waals surface area contributed by atoms with E-state index in [4.69, 9.17) is 24.2 Å². The third-order valence-electron chi connectivity index (χ3n) is 12.4. The lowest BCUT2D eigenvalue weighted by atomic mass is 9.98. The number of methoxy groups -OCH3 is 1. The Morgan fingerprint density at radius 3 is 1.92 bits per heavy atom. The van der Waals surface area contributed by atoms with Crippen molar-refractivity contribution >= 4 is 28.7 Å². The Labute approximate surface area is 360 Å². The molecule has 3 amide bonds. The van der Waals surface area contributed by atoms with Gasteiger partial charge in [-0.05, 0) is 103 Å². The standard InChI is InChI=1S/C48H52N8O6/c1-28(2)42(53-48(59)60-5)46(57)55-20-6-8-38(55)44-50-26-37(52-44)34-17-16-32-22-31(14-15-33(32)23-34)29-10-12-30(13-11-29)36-25-49-45(51-36)39-9-7-21-56(39)47(58)43(54(3)4)35-18-19-40-41(24-35)62-27-61-40/h10-19,22-26,28,38-39,42-43H,6-9,20-21,27H2,1-5H3,(H,49,51)(H,50,52)(H,53,59)/t38-,39-,42?,43?/m0/s1. The molecule has 3 aliphatic heterocycles. The van der Waals surface area contributed by atoms with Crippen molar-refractivity contribution in [3.8, 4) is 45.1 Å². The Hall–Kier alpha value is -6.67. The van der Waals surface area contributed by atoms with Gasteiger partial charge in [0.15, 0.2) is 11.5 Å². The number of aromatic amines is 2. The van der Waals surface area contributed by atoms with Crippen LogP contribution in [0.1, 0.15) is 74.9 Å². The van der Waals surface area contributed by atoms with Crippen molar-refractivity contribution in [3.63, 3.8) is 0 Å². The maximum Gasteiger partial charge on any atom is 0.407 e. The third kappa shape index (κ3) is 7.86. The number of nitrogens with zero attached hydrogens (tertiary/aromatic N) is 5. The van der Waals surface area contributed by atoms with Crippen LogP contribution in [0.25, 0.3) is 44.4 Å². The van der Waals surface area contributed by atoms with Crippen molar-refractivity contribution in [1.29, 1.82) is 0 Å². The molecule has 14 heteroatoms. The Bertz CT molecular complexity index is 2620. The number of likely N-dealkylation sites (N-methyl/N-ethyl adjacent to an activating group) is 1. The fourth-order valence-corrected chi connectivity index (χ4v) is 9.15. The topological polar surface area (TPSA) is 158 Å². The van der Waals surface area contributed by atoms with Crippen molar-refractivity contribution in [1.82, 2.24) is 40.0 Å². The lowest BCUT2D eigenvalue weighted by Crippen LogP contribution is -2.51. The third-order valence-corrected chi connectivity index (χ3v) is 12.4. The SMILES string of the molecule is COC(=O)NC(C(=O)N1CCC[C@H]1c1ncc(-c2ccc3cc(-c4ccc(-c5cnc([C@@H]6CCCN6C(=O)C(c6ccc7c(c6)OCO7)N(C)C)[nH]5)cc4)ccc3c2)[nH]1)C(C)C. The molecule has 0 bridgehead atoms. The summed E-state index contributed by atoms with van der Waals surface area (Å²) in [6.45, 7) is 5.27. The molecule has 62 heavy (non-hydrogen) atoms. The van der Waals surface area contributed by atoms with E-state index in [1.54, 1.807) is 0 Å². The maximum absolute atomic E-state index is 14.2. The number of carbonyl (C=O) groups is 3. The highest BCUT2D eigenvalue weighted by atomic mass is 16.7. The number of likely N-dealkylation sites (tertiary alicyclic amines) is 2. The number of amides is 3. The van der Waals surface area contributed by atoms with E-state index >= 15 is 0 Å². The first-order valence-corrected chi connectivity index (χ1v) is 21.3. The van der Waals surface area contributed by atoms with Crippen LogP contribution >= 0.6 is 0 Å². The zero-order valence-electron chi connectivity index (χ0n) is 35.7. The summed E-state index contributed by atoms with van der Waals surface area (Å²) in [4.78, 5) is 62.1. The minimum absolute atomic E-state index is 0.0366. The predicted octanol–water partition coefficient (Wildman–Crippen LogP) is 8.03. The fraction of sp³-hybridized carbons (Fsp3) is 0.354. The first-order chi connectivity index (χ1) is 30.1. The van der Waals surface area contributed by atoms with Gasteiger partial charge in [0.2, 0.25) is 18.6 Å². The molecule has 2 saturated heterocycles. The Kier molecular flexibility index (Phi) is 11.2. The molecule has 9 rings (SSSR count). The number of alkyl carbamates (subject to hydrolysis) is 1. The van der Waals surface area contributed by atoms with Gasteiger partial charge in [-0.2, -0.15) is 0 Å². The fourth-order valence-electron chi connectivity index (χ4n) is 9.15. The number of ether oxygens (including phenoxy) is 3. The summed E-state index contributed by atoms with van der Waals surface area (Å²) in [5, 5.41) is 4.93. The second-order valence-corrected chi connectivity index (χ2v) is 16.9. The van der Waals surface area contributed by atoms with E-state index in [1.807, 2.05) is 73.2 Å². The minimum Gasteiger partial charge on any atom is -0.454 e. The van der Waals surface area contributed by atoms with Gasteiger partial charge in [-0.15, -0.1) is 0 Å². The van der Waals surface area contributed by atoms with Crippen molar-refractivity contribution in [2.75, 3.05) is 41.1 Å². The molecule has 2 aromatic heterocycles. The second-order valence-electron chi connectivity index (χ2n) is 16.9. The molecule has 0 saturated carbocycles. The number of aromatic nitrogens is 4. The molecule has 3 aliphatic rings. The van der Waals surface area contributed by atoms with Gasteiger partial charge in [-0.25, -0.2) is 14.8 Å². The Balaban J connectivity index is 0.870. The quantitative estimate of drug-likeness (QED) is 0.118. The summed E-state index contributed by atoms with van der Waals surface area (Å²) in [6, 6.07) is 25.5. The van der Waals surface area contributed by atoms with Crippen LogP contribution in [-0.4, -0.2) is 99.7 Å². The number of benzene rings is 4. The molecule has 6 aromatic rings. The van der Waals surface area contributed by atoms with Gasteiger partial charge in [-0.1, -0.05) is 68.4 Å². The highest BCUT2D eigenvalue weighted by molar-refractivity contribution is 5.91. The molecule has 4 aromatic carbocycles. The van der Waals surface area contributed by atoms with Gasteiger partial charge in [0, 0.05) is 18.7 Å². The summed E-state index contributed by atoms with van der Waals surface area (Å²) < 4.78 is 15.9. The molecule has 14 nitrogen and oxygen atoms in total. The van der Waals surface area contributed by atoms with Gasteiger partial charge in [0.25, 0.3) is 0 Å². The molecule has 2 unspecified atom stereocenters. The number of rotatable bonds is 11. The van der Waals surface area contributed by atoms with E-state index in [0.717, 1.165) is 87.3 Å². The number of fused-ring (bicyclic) bond motifs is 2. The zero-order valence-corrected chi connectivity index (χ0v) is 35.7. The average Bonchev–Trinajstić information content (AvgIpc) is 4.14. The van der Waals surface area contributed by atoms with E-state index in [0.29, 0.717) is 24.6 Å². The number of nitrogens with one attached hydrogen (secondary N) is 3. The number of carbonyl (C=O) groups excluding carboxylic acids is 3. The lowest BCUT2D eigenvalue weighted by Gasteiger charge is -2.31. The number of hydrogen-bond acceptors (Lipinski definition) is 9. The van der Waals surface area contributed by atoms with Crippen molar-refractivity contribution < 1.29 is 28.6 Å². The van der Waals surface area contributed by atoms with E-state index in [1.165, 1.54) is 7.11 Å². The highest BCUT2D eigenvalue weighted by Gasteiger charge is 2.39. The van der Waals surface area contributed by atoms with Crippen LogP contribution in [0.4, 0.5) is 4.79 Å². The molecule has 0 aliphatic carbocycles. The number of imidazole rings is 2. The lowest BCUT2D eigenvalue weighted by molar-refractivity contribution is -0.137. The largest absolute Gasteiger partial charge is 0.454 e. The minimum atomic E-state index is -0.685. The highest BCUT2D eigenvalue weighted by Crippen LogP contribution is 2.39. The van der Waals surface area contributed by atoms with Crippen LogP contribution in [-0.2, 0) is 14.3 Å². The van der Waals surface area contributed by atoms with Gasteiger partial charge < -0.3 is 39.3 Å². The summed E-state index contributed by atoms with van der Waals surface area (Å²) in [5.41, 5.74) is 6.87. The summed E-state index contributed by atoms with van der Waals surface area (Å²) in [5.74, 6) is 2.69. The molecule has 0 radical (unpaired) electrons. The van der Waals surface area contributed by atoms with Gasteiger partial charge in [0.05, 0.1) is 43.0 Å². The van der Waals surface area contributed by atoms with Crippen molar-refractivity contribution in [2.24, 2.45) is 5.92 Å². The molecule has 2 fully saturated rings. The predicted molar refractivity (Wildman–Crippen MR) is 235 cm³/mol. The van der Waals surface area contributed by atoms with Gasteiger partial charge >= 0.3 is 6.09 Å². The van der Waals surface area contributed by atoms with E-state index in [-0.39, 0.29) is 36.6 Å². The smallest absolute Gasteiger partial charge is 0.407 e. The van der Waals surface area contributed by atoms with E-state index in [2.05, 4.69) is 75.9 Å². The average molecular weight is 837 g/mol. The Morgan fingerprint density at radius 1 is 0.726 bits per heavy atom. The molecule has 0 spiro atoms.